The van der Waals surface area contributed by atoms with Crippen LogP contribution in [0.4, 0.5) is 5.82 Å². The predicted octanol–water partition coefficient (Wildman–Crippen LogP) is 2.59. The zero-order valence-corrected chi connectivity index (χ0v) is 19.3. The fraction of sp³-hybridized carbons (Fsp3) is 0.217. The van der Waals surface area contributed by atoms with Gasteiger partial charge >= 0.3 is 0 Å². The van der Waals surface area contributed by atoms with Gasteiger partial charge in [0, 0.05) is 17.7 Å². The topological polar surface area (TPSA) is 146 Å². The minimum Gasteiger partial charge on any atom is -0.382 e. The Hall–Kier alpha value is -3.79. The molecular weight excluding hydrogens is 440 g/mol. The van der Waals surface area contributed by atoms with Crippen LogP contribution in [0.3, 0.4) is 0 Å². The Morgan fingerprint density at radius 1 is 1.12 bits per heavy atom. The molecule has 2 aromatic carbocycles. The van der Waals surface area contributed by atoms with Crippen LogP contribution in [0.1, 0.15) is 47.1 Å². The third-order valence-corrected chi connectivity index (χ3v) is 6.58. The number of carbonyl (C=O) groups excluding carboxylic acids is 1. The van der Waals surface area contributed by atoms with E-state index in [1.807, 2.05) is 38.1 Å². The van der Waals surface area contributed by atoms with Gasteiger partial charge in [-0.25, -0.2) is 22.9 Å². The largest absolute Gasteiger partial charge is 0.382 e. The number of nitrogens with zero attached hydrogens (tertiary/aromatic N) is 4. The number of rotatable bonds is 6. The van der Waals surface area contributed by atoms with Crippen molar-refractivity contribution in [3.63, 3.8) is 0 Å². The van der Waals surface area contributed by atoms with Crippen LogP contribution in [-0.2, 0) is 16.3 Å². The van der Waals surface area contributed by atoms with Crippen molar-refractivity contribution in [2.75, 3.05) is 12.0 Å². The maximum atomic E-state index is 12.4. The van der Waals surface area contributed by atoms with Crippen LogP contribution in [0, 0.1) is 0 Å². The quantitative estimate of drug-likeness (QED) is 0.446. The molecule has 0 aliphatic heterocycles. The summed E-state index contributed by atoms with van der Waals surface area (Å²) >= 11 is 0. The average molecular weight is 465 g/mol. The van der Waals surface area contributed by atoms with Gasteiger partial charge in [0.25, 0.3) is 0 Å². The van der Waals surface area contributed by atoms with Crippen molar-refractivity contribution in [3.8, 4) is 11.3 Å². The molecule has 4 N–H and O–H groups in total. The molecule has 0 bridgehead atoms. The number of imidazole rings is 1. The highest BCUT2D eigenvalue weighted by atomic mass is 32.2. The number of hydrogen-bond donors (Lipinski definition) is 2. The summed E-state index contributed by atoms with van der Waals surface area (Å²) in [6.45, 7) is 4.05. The van der Waals surface area contributed by atoms with Gasteiger partial charge in [0.15, 0.2) is 15.7 Å². The highest BCUT2D eigenvalue weighted by Gasteiger charge is 2.22. The van der Waals surface area contributed by atoms with Gasteiger partial charge in [-0.2, -0.15) is 5.10 Å². The molecule has 1 amide bonds. The van der Waals surface area contributed by atoms with E-state index in [9.17, 15) is 13.2 Å². The molecule has 0 saturated carbocycles. The minimum absolute atomic E-state index is 0.00668. The van der Waals surface area contributed by atoms with Crippen molar-refractivity contribution in [1.29, 1.82) is 0 Å². The summed E-state index contributed by atoms with van der Waals surface area (Å²) in [6, 6.07) is 12.3. The van der Waals surface area contributed by atoms with Crippen molar-refractivity contribution in [2.24, 2.45) is 5.73 Å². The number of amides is 1. The zero-order chi connectivity index (χ0) is 23.9. The highest BCUT2D eigenvalue weighted by molar-refractivity contribution is 7.90. The number of nitrogen functional groups attached to an aromatic ring is 1. The molecule has 2 heterocycles. The zero-order valence-electron chi connectivity index (χ0n) is 18.5. The van der Waals surface area contributed by atoms with Crippen LogP contribution in [0.25, 0.3) is 16.8 Å². The maximum absolute atomic E-state index is 12.4. The first kappa shape index (κ1) is 22.4. The number of primary amides is 1. The molecule has 0 atom stereocenters. The minimum atomic E-state index is -3.66. The van der Waals surface area contributed by atoms with E-state index in [1.165, 1.54) is 12.4 Å². The SMILES string of the molecule is CC(C)c1nc(-c2ccc(Cc3cccc(C(N)=O)c3S(C)(=O)=O)cc2)c2c(N)ncnn12. The maximum Gasteiger partial charge on any atom is 0.250 e. The number of nitrogens with two attached hydrogens (primary N) is 2. The molecule has 0 fully saturated rings. The normalized spacial score (nSPS) is 11.9. The molecule has 2 aromatic heterocycles. The van der Waals surface area contributed by atoms with E-state index in [0.717, 1.165) is 23.2 Å². The van der Waals surface area contributed by atoms with Crippen molar-refractivity contribution >= 4 is 27.1 Å². The lowest BCUT2D eigenvalue weighted by Gasteiger charge is -2.12. The van der Waals surface area contributed by atoms with Gasteiger partial charge in [-0.05, 0) is 23.6 Å². The smallest absolute Gasteiger partial charge is 0.250 e. The molecule has 0 radical (unpaired) electrons. The van der Waals surface area contributed by atoms with Crippen LogP contribution >= 0.6 is 0 Å². The molecule has 0 aliphatic carbocycles. The summed E-state index contributed by atoms with van der Waals surface area (Å²) in [5.41, 5.74) is 15.0. The van der Waals surface area contributed by atoms with Crippen molar-refractivity contribution in [3.05, 3.63) is 71.3 Å². The predicted molar refractivity (Wildman–Crippen MR) is 126 cm³/mol. The third-order valence-electron chi connectivity index (χ3n) is 5.36. The number of hydrogen-bond acceptors (Lipinski definition) is 7. The number of aromatic nitrogens is 4. The summed E-state index contributed by atoms with van der Waals surface area (Å²) in [4.78, 5) is 20.6. The molecule has 0 saturated heterocycles. The molecule has 10 heteroatoms. The van der Waals surface area contributed by atoms with E-state index < -0.39 is 15.7 Å². The standard InChI is InChI=1S/C23H24N6O3S/c1-13(2)23-28-18(19-21(24)26-12-27-29(19)23)15-9-7-14(8-10-15)11-16-5-4-6-17(22(25)30)20(16)33(3,31)32/h4-10,12-13H,11H2,1-3H3,(H2,25,30)(H2,24,26,27). The molecule has 170 valence electrons. The van der Waals surface area contributed by atoms with Crippen LogP contribution in [0.15, 0.2) is 53.7 Å². The first-order valence-electron chi connectivity index (χ1n) is 10.3. The van der Waals surface area contributed by atoms with Crippen molar-refractivity contribution < 1.29 is 13.2 Å². The van der Waals surface area contributed by atoms with Crippen LogP contribution < -0.4 is 11.5 Å². The lowest BCUT2D eigenvalue weighted by Crippen LogP contribution is -2.17. The highest BCUT2D eigenvalue weighted by Crippen LogP contribution is 2.30. The fourth-order valence-electron chi connectivity index (χ4n) is 3.91. The number of anilines is 1. The number of benzene rings is 2. The summed E-state index contributed by atoms with van der Waals surface area (Å²) < 4.78 is 26.5. The van der Waals surface area contributed by atoms with E-state index in [0.29, 0.717) is 29.0 Å². The number of sulfone groups is 1. The molecule has 4 rings (SSSR count). The van der Waals surface area contributed by atoms with Gasteiger partial charge < -0.3 is 11.5 Å². The number of carbonyl (C=O) groups is 1. The number of fused-ring (bicyclic) bond motifs is 1. The summed E-state index contributed by atoms with van der Waals surface area (Å²) in [6.07, 6.45) is 2.79. The van der Waals surface area contributed by atoms with Gasteiger partial charge in [-0.15, -0.1) is 0 Å². The summed E-state index contributed by atoms with van der Waals surface area (Å²) in [7, 11) is -3.66. The van der Waals surface area contributed by atoms with Crippen molar-refractivity contribution in [2.45, 2.75) is 31.1 Å². The van der Waals surface area contributed by atoms with E-state index >= 15 is 0 Å². The fourth-order valence-corrected chi connectivity index (χ4v) is 5.09. The second-order valence-corrected chi connectivity index (χ2v) is 10.1. The van der Waals surface area contributed by atoms with Gasteiger partial charge in [0.05, 0.1) is 10.5 Å². The first-order valence-corrected chi connectivity index (χ1v) is 12.2. The Morgan fingerprint density at radius 2 is 1.82 bits per heavy atom. The molecule has 9 nitrogen and oxygen atoms in total. The Bertz CT molecular complexity index is 1470. The van der Waals surface area contributed by atoms with Gasteiger partial charge in [0.1, 0.15) is 23.4 Å². The van der Waals surface area contributed by atoms with Gasteiger partial charge in [-0.1, -0.05) is 50.2 Å². The Kier molecular flexibility index (Phi) is 5.62. The van der Waals surface area contributed by atoms with E-state index in [2.05, 4.69) is 10.1 Å². The van der Waals surface area contributed by atoms with Gasteiger partial charge in [0.2, 0.25) is 5.91 Å². The molecule has 0 aliphatic rings. The third kappa shape index (κ3) is 4.17. The van der Waals surface area contributed by atoms with E-state index in [1.54, 1.807) is 16.6 Å². The second-order valence-electron chi connectivity index (χ2n) is 8.18. The lowest BCUT2D eigenvalue weighted by molar-refractivity contribution is 0.0997. The molecule has 4 aromatic rings. The van der Waals surface area contributed by atoms with Crippen LogP contribution in [0.5, 0.6) is 0 Å². The lowest BCUT2D eigenvalue weighted by atomic mass is 10.0. The van der Waals surface area contributed by atoms with E-state index in [4.69, 9.17) is 16.5 Å². The average Bonchev–Trinajstić information content (AvgIpc) is 3.15. The molecule has 0 unspecified atom stereocenters. The van der Waals surface area contributed by atoms with Crippen LogP contribution in [-0.4, -0.2) is 40.2 Å². The van der Waals surface area contributed by atoms with E-state index in [-0.39, 0.29) is 16.4 Å². The van der Waals surface area contributed by atoms with Crippen LogP contribution in [0.2, 0.25) is 0 Å². The first-order chi connectivity index (χ1) is 15.6. The second kappa shape index (κ2) is 8.28. The Morgan fingerprint density at radius 3 is 2.42 bits per heavy atom. The molecule has 0 spiro atoms. The van der Waals surface area contributed by atoms with Gasteiger partial charge in [-0.3, -0.25) is 4.79 Å². The summed E-state index contributed by atoms with van der Waals surface area (Å²) in [5.74, 6) is 0.468. The Labute approximate surface area is 191 Å². The Balaban J connectivity index is 1.75. The molecule has 33 heavy (non-hydrogen) atoms. The molecular formula is C23H24N6O3S. The monoisotopic (exact) mass is 464 g/mol. The van der Waals surface area contributed by atoms with Crippen molar-refractivity contribution in [1.82, 2.24) is 19.6 Å². The summed E-state index contributed by atoms with van der Waals surface area (Å²) in [5, 5.41) is 4.31.